The summed E-state index contributed by atoms with van der Waals surface area (Å²) in [4.78, 5) is 46.0. The van der Waals surface area contributed by atoms with Crippen LogP contribution in [0, 0.1) is 5.82 Å². The van der Waals surface area contributed by atoms with Crippen LogP contribution in [0.2, 0.25) is 0 Å². The van der Waals surface area contributed by atoms with Crippen molar-refractivity contribution in [1.82, 2.24) is 14.5 Å². The van der Waals surface area contributed by atoms with E-state index in [0.29, 0.717) is 47.8 Å². The fraction of sp³-hybridized carbons (Fsp3) is 0.259. The minimum atomic E-state index is -0.571. The van der Waals surface area contributed by atoms with Gasteiger partial charge in [0.1, 0.15) is 17.2 Å². The van der Waals surface area contributed by atoms with Gasteiger partial charge in [0.2, 0.25) is 5.69 Å². The number of amides is 1. The molecule has 10 heteroatoms. The van der Waals surface area contributed by atoms with Gasteiger partial charge in [0.25, 0.3) is 16.8 Å². The van der Waals surface area contributed by atoms with Crippen molar-refractivity contribution in [1.29, 1.82) is 0 Å². The van der Waals surface area contributed by atoms with Crippen molar-refractivity contribution in [2.75, 3.05) is 45.7 Å². The third kappa shape index (κ3) is 4.19. The quantitative estimate of drug-likeness (QED) is 0.295. The van der Waals surface area contributed by atoms with Crippen LogP contribution in [0.3, 0.4) is 0 Å². The highest BCUT2D eigenvalue weighted by molar-refractivity contribution is 5.97. The maximum atomic E-state index is 14.1. The Morgan fingerprint density at radius 2 is 1.97 bits per heavy atom. The fourth-order valence-electron chi connectivity index (χ4n) is 5.13. The summed E-state index contributed by atoms with van der Waals surface area (Å²) in [7, 11) is 4.93. The van der Waals surface area contributed by atoms with Crippen molar-refractivity contribution < 1.29 is 13.9 Å². The van der Waals surface area contributed by atoms with Crippen LogP contribution in [-0.2, 0) is 4.79 Å². The zero-order valence-corrected chi connectivity index (χ0v) is 20.8. The maximum absolute atomic E-state index is 14.1. The first kappa shape index (κ1) is 24.4. The van der Waals surface area contributed by atoms with Crippen molar-refractivity contribution in [2.45, 2.75) is 6.42 Å². The molecule has 1 amide bonds. The lowest BCUT2D eigenvalue weighted by Gasteiger charge is -2.35. The van der Waals surface area contributed by atoms with Gasteiger partial charge in [0.15, 0.2) is 12.2 Å². The Morgan fingerprint density at radius 3 is 2.65 bits per heavy atom. The van der Waals surface area contributed by atoms with E-state index in [2.05, 4.69) is 9.97 Å². The van der Waals surface area contributed by atoms with Crippen molar-refractivity contribution in [3.63, 3.8) is 0 Å². The van der Waals surface area contributed by atoms with Gasteiger partial charge >= 0.3 is 0 Å². The van der Waals surface area contributed by atoms with Crippen LogP contribution < -0.4 is 30.7 Å². The number of carbonyl (C=O) groups is 1. The molecule has 9 nitrogen and oxygen atoms in total. The van der Waals surface area contributed by atoms with Crippen LogP contribution in [0.5, 0.6) is 5.75 Å². The Balaban J connectivity index is 1.46. The summed E-state index contributed by atoms with van der Waals surface area (Å²) < 4.78 is 19.4. The third-order valence-electron chi connectivity index (χ3n) is 6.87. The van der Waals surface area contributed by atoms with E-state index in [4.69, 9.17) is 10.5 Å². The molecule has 0 radical (unpaired) electrons. The number of quaternary nitrogens is 1. The van der Waals surface area contributed by atoms with E-state index in [1.807, 2.05) is 23.1 Å². The molecule has 2 aromatic carbocycles. The molecule has 3 N–H and O–H groups in total. The number of aromatic nitrogens is 2. The van der Waals surface area contributed by atoms with Gasteiger partial charge in [-0.1, -0.05) is 6.08 Å². The van der Waals surface area contributed by atoms with E-state index >= 15 is 0 Å². The molecule has 5 rings (SSSR count). The first-order valence-corrected chi connectivity index (χ1v) is 11.8. The van der Waals surface area contributed by atoms with Gasteiger partial charge in [-0.3, -0.25) is 18.9 Å². The molecule has 190 valence electrons. The number of pyridine rings is 1. The predicted octanol–water partition coefficient (Wildman–Crippen LogP) is 2.32. The summed E-state index contributed by atoms with van der Waals surface area (Å²) in [6, 6.07) is 8.21. The number of aromatic amines is 1. The number of hydrogen-bond acceptors (Lipinski definition) is 6. The Labute approximate surface area is 211 Å². The number of likely N-dealkylation sites (N-methyl/N-ethyl adjacent to an activating group) is 1. The van der Waals surface area contributed by atoms with Crippen molar-refractivity contribution in [3.05, 3.63) is 74.6 Å². The minimum absolute atomic E-state index is 0.0671. The summed E-state index contributed by atoms with van der Waals surface area (Å²) >= 11 is 0. The second-order valence-corrected chi connectivity index (χ2v) is 9.74. The lowest BCUT2D eigenvalue weighted by molar-refractivity contribution is -0.118. The first-order valence-electron chi connectivity index (χ1n) is 11.8. The molecule has 4 aromatic rings. The van der Waals surface area contributed by atoms with Crippen molar-refractivity contribution in [2.24, 2.45) is 5.73 Å². The molecule has 0 atom stereocenters. The van der Waals surface area contributed by atoms with Gasteiger partial charge in [0.05, 0.1) is 21.2 Å². The minimum Gasteiger partial charge on any atom is -0.496 e. The number of ether oxygens (including phenoxy) is 1. The van der Waals surface area contributed by atoms with Crippen molar-refractivity contribution >= 4 is 33.9 Å². The number of primary amides is 1. The number of nitrogens with two attached hydrogens (primary N) is 1. The molecule has 1 aliphatic heterocycles. The standard InChI is InChI=1S/C27H26FN5O4/c1-33(2,14-22(29)34)24-23(25(35)26(24)36)32-10-7-15(8-11-32)20-13-19-17(6-9-30-27(19)31-20)18-12-16(28)4-5-21(18)37-3/h4-7,9,12-13H,8,10-11,14H2,1-3H3,(H2-,29,30,31,34)/p+1. The number of carbonyl (C=O) groups excluding carboxylic acids is 1. The predicted molar refractivity (Wildman–Crippen MR) is 142 cm³/mol. The molecule has 1 aliphatic rings. The van der Waals surface area contributed by atoms with E-state index < -0.39 is 16.8 Å². The molecule has 0 saturated heterocycles. The normalized spacial score (nSPS) is 14.3. The number of nitrogens with zero attached hydrogens (tertiary/aromatic N) is 3. The van der Waals surface area contributed by atoms with Crippen LogP contribution in [0.4, 0.5) is 15.8 Å². The summed E-state index contributed by atoms with van der Waals surface area (Å²) in [5.74, 6) is -0.347. The Hall–Kier alpha value is -4.31. The summed E-state index contributed by atoms with van der Waals surface area (Å²) in [5.41, 5.74) is 8.92. The summed E-state index contributed by atoms with van der Waals surface area (Å²) in [6.07, 6.45) is 4.29. The molecule has 3 heterocycles. The molecule has 0 bridgehead atoms. The zero-order chi connectivity index (χ0) is 26.5. The van der Waals surface area contributed by atoms with Gasteiger partial charge in [-0.15, -0.1) is 0 Å². The van der Waals surface area contributed by atoms with E-state index in [0.717, 1.165) is 22.2 Å². The van der Waals surface area contributed by atoms with E-state index in [1.165, 1.54) is 12.1 Å². The van der Waals surface area contributed by atoms with Crippen LogP contribution in [0.25, 0.3) is 27.7 Å². The second kappa shape index (κ2) is 8.97. The highest BCUT2D eigenvalue weighted by Gasteiger charge is 2.39. The summed E-state index contributed by atoms with van der Waals surface area (Å²) in [6.45, 7) is 0.873. The topological polar surface area (TPSA) is 118 Å². The number of hydrogen-bond donors (Lipinski definition) is 2. The Morgan fingerprint density at radius 1 is 1.19 bits per heavy atom. The second-order valence-electron chi connectivity index (χ2n) is 9.74. The number of methoxy groups -OCH3 is 1. The molecular weight excluding hydrogens is 477 g/mol. The first-order chi connectivity index (χ1) is 17.6. The molecule has 0 spiro atoms. The molecule has 0 aliphatic carbocycles. The fourth-order valence-corrected chi connectivity index (χ4v) is 5.13. The average molecular weight is 505 g/mol. The van der Waals surface area contributed by atoms with Crippen LogP contribution >= 0.6 is 0 Å². The zero-order valence-electron chi connectivity index (χ0n) is 20.8. The number of anilines is 1. The molecular formula is C27H27FN5O4+. The van der Waals surface area contributed by atoms with Gasteiger partial charge in [0, 0.05) is 35.9 Å². The number of halogens is 1. The van der Waals surface area contributed by atoms with E-state index in [9.17, 15) is 18.8 Å². The summed E-state index contributed by atoms with van der Waals surface area (Å²) in [5, 5.41) is 0.833. The average Bonchev–Trinajstić information content (AvgIpc) is 3.30. The Bertz CT molecular complexity index is 1640. The van der Waals surface area contributed by atoms with Crippen LogP contribution in [0.15, 0.2) is 52.2 Å². The van der Waals surface area contributed by atoms with E-state index in [-0.39, 0.29) is 16.8 Å². The smallest absolute Gasteiger partial charge is 0.290 e. The largest absolute Gasteiger partial charge is 0.496 e. The Kier molecular flexibility index (Phi) is 5.91. The number of fused-ring (bicyclic) bond motifs is 1. The monoisotopic (exact) mass is 504 g/mol. The number of nitrogens with one attached hydrogen (secondary N) is 1. The highest BCUT2D eigenvalue weighted by atomic mass is 19.1. The van der Waals surface area contributed by atoms with E-state index in [1.54, 1.807) is 33.5 Å². The molecule has 0 saturated carbocycles. The van der Waals surface area contributed by atoms with Gasteiger partial charge in [-0.05, 0) is 47.9 Å². The van der Waals surface area contributed by atoms with Crippen LogP contribution in [0.1, 0.15) is 12.1 Å². The van der Waals surface area contributed by atoms with Crippen LogP contribution in [-0.4, -0.2) is 56.7 Å². The third-order valence-corrected chi connectivity index (χ3v) is 6.87. The number of rotatable bonds is 7. The SMILES string of the molecule is COc1ccc(F)cc1-c1ccnc2[nH]c(C3=CCN(c4c([N+](C)(C)CC(N)=O)c(=O)c4=O)CC3)cc12. The lowest BCUT2D eigenvalue weighted by atomic mass is 10.00. The number of benzene rings is 1. The highest BCUT2D eigenvalue weighted by Crippen LogP contribution is 2.37. The molecule has 0 fully saturated rings. The van der Waals surface area contributed by atoms with Crippen molar-refractivity contribution in [3.8, 4) is 16.9 Å². The number of H-pyrrole nitrogens is 1. The maximum Gasteiger partial charge on any atom is 0.290 e. The lowest BCUT2D eigenvalue weighted by Crippen LogP contribution is -2.56. The molecule has 2 aromatic heterocycles. The molecule has 37 heavy (non-hydrogen) atoms. The molecule has 0 unspecified atom stereocenters. The van der Waals surface area contributed by atoms with Gasteiger partial charge in [-0.2, -0.15) is 0 Å². The van der Waals surface area contributed by atoms with Gasteiger partial charge in [-0.25, -0.2) is 9.37 Å². The van der Waals surface area contributed by atoms with Gasteiger partial charge < -0.3 is 20.4 Å².